The predicted octanol–water partition coefficient (Wildman–Crippen LogP) is 2.38. The largest absolute Gasteiger partial charge is 0.393 e. The van der Waals surface area contributed by atoms with Gasteiger partial charge in [-0.15, -0.1) is 0 Å². The van der Waals surface area contributed by atoms with Crippen molar-refractivity contribution in [2.45, 2.75) is 71.1 Å². The molecule has 1 unspecified atom stereocenters. The van der Waals surface area contributed by atoms with Crippen LogP contribution in [0.1, 0.15) is 62.0 Å². The first-order valence-corrected chi connectivity index (χ1v) is 7.47. The Hall–Kier alpha value is -0.870. The lowest BCUT2D eigenvalue weighted by atomic mass is 9.91. The van der Waals surface area contributed by atoms with E-state index in [0.29, 0.717) is 12.1 Å². The van der Waals surface area contributed by atoms with Crippen LogP contribution in [0.15, 0.2) is 0 Å². The molecule has 108 valence electrons. The second-order valence-electron chi connectivity index (χ2n) is 5.84. The summed E-state index contributed by atoms with van der Waals surface area (Å²) < 4.78 is 1.97. The molecule has 0 aliphatic heterocycles. The SMILES string of the molecule is CCC(NC1CCC(O)CC1)c1c(C)nn(C)c1C. The van der Waals surface area contributed by atoms with Crippen molar-refractivity contribution >= 4 is 0 Å². The fourth-order valence-corrected chi connectivity index (χ4v) is 3.23. The van der Waals surface area contributed by atoms with Gasteiger partial charge in [0.2, 0.25) is 0 Å². The van der Waals surface area contributed by atoms with Crippen LogP contribution in [0.3, 0.4) is 0 Å². The van der Waals surface area contributed by atoms with Crippen LogP contribution in [0.2, 0.25) is 0 Å². The fourth-order valence-electron chi connectivity index (χ4n) is 3.23. The molecule has 2 N–H and O–H groups in total. The molecule has 1 aliphatic carbocycles. The summed E-state index contributed by atoms with van der Waals surface area (Å²) in [5.41, 5.74) is 3.75. The Labute approximate surface area is 116 Å². The van der Waals surface area contributed by atoms with Gasteiger partial charge >= 0.3 is 0 Å². The molecule has 1 atom stereocenters. The maximum atomic E-state index is 9.59. The zero-order chi connectivity index (χ0) is 14.0. The van der Waals surface area contributed by atoms with Gasteiger partial charge in [-0.2, -0.15) is 5.10 Å². The summed E-state index contributed by atoms with van der Waals surface area (Å²) in [7, 11) is 2.01. The van der Waals surface area contributed by atoms with Gasteiger partial charge in [0, 0.05) is 30.4 Å². The first-order valence-electron chi connectivity index (χ1n) is 7.47. The molecule has 4 nitrogen and oxygen atoms in total. The number of rotatable bonds is 4. The van der Waals surface area contributed by atoms with Crippen molar-refractivity contribution in [3.63, 3.8) is 0 Å². The fraction of sp³-hybridized carbons (Fsp3) is 0.800. The molecule has 1 aromatic rings. The first kappa shape index (κ1) is 14.5. The Morgan fingerprint density at radius 3 is 2.42 bits per heavy atom. The van der Waals surface area contributed by atoms with Crippen molar-refractivity contribution in [2.24, 2.45) is 7.05 Å². The summed E-state index contributed by atoms with van der Waals surface area (Å²) in [4.78, 5) is 0. The molecule has 19 heavy (non-hydrogen) atoms. The topological polar surface area (TPSA) is 50.1 Å². The molecule has 1 fully saturated rings. The molecule has 0 aromatic carbocycles. The number of nitrogens with zero attached hydrogens (tertiary/aromatic N) is 2. The molecular weight excluding hydrogens is 238 g/mol. The van der Waals surface area contributed by atoms with Crippen molar-refractivity contribution in [1.82, 2.24) is 15.1 Å². The van der Waals surface area contributed by atoms with Crippen LogP contribution in [-0.2, 0) is 7.05 Å². The van der Waals surface area contributed by atoms with E-state index in [9.17, 15) is 5.11 Å². The van der Waals surface area contributed by atoms with Crippen molar-refractivity contribution in [3.05, 3.63) is 17.0 Å². The van der Waals surface area contributed by atoms with Crippen molar-refractivity contribution in [1.29, 1.82) is 0 Å². The van der Waals surface area contributed by atoms with Crippen LogP contribution in [-0.4, -0.2) is 27.0 Å². The lowest BCUT2D eigenvalue weighted by Crippen LogP contribution is -2.37. The second-order valence-corrected chi connectivity index (χ2v) is 5.84. The zero-order valence-electron chi connectivity index (χ0n) is 12.6. The maximum Gasteiger partial charge on any atom is 0.0644 e. The third kappa shape index (κ3) is 3.18. The van der Waals surface area contributed by atoms with Gasteiger partial charge in [0.25, 0.3) is 0 Å². The molecule has 1 aliphatic rings. The number of aromatic nitrogens is 2. The van der Waals surface area contributed by atoms with E-state index < -0.39 is 0 Å². The molecule has 4 heteroatoms. The molecule has 2 rings (SSSR count). The van der Waals surface area contributed by atoms with Gasteiger partial charge in [0.05, 0.1) is 11.8 Å². The Bertz CT molecular complexity index is 419. The van der Waals surface area contributed by atoms with Crippen LogP contribution < -0.4 is 5.32 Å². The number of hydrogen-bond acceptors (Lipinski definition) is 3. The van der Waals surface area contributed by atoms with Crippen LogP contribution in [0, 0.1) is 13.8 Å². The van der Waals surface area contributed by atoms with E-state index in [4.69, 9.17) is 0 Å². The highest BCUT2D eigenvalue weighted by Gasteiger charge is 2.24. The van der Waals surface area contributed by atoms with Crippen molar-refractivity contribution < 1.29 is 5.11 Å². The summed E-state index contributed by atoms with van der Waals surface area (Å²) in [6.07, 6.45) is 5.01. The Kier molecular flexibility index (Phi) is 4.63. The number of hydrogen-bond donors (Lipinski definition) is 2. The Morgan fingerprint density at radius 2 is 1.95 bits per heavy atom. The van der Waals surface area contributed by atoms with Crippen LogP contribution in [0.25, 0.3) is 0 Å². The maximum absolute atomic E-state index is 9.59. The van der Waals surface area contributed by atoms with E-state index >= 15 is 0 Å². The van der Waals surface area contributed by atoms with E-state index in [1.54, 1.807) is 0 Å². The minimum Gasteiger partial charge on any atom is -0.393 e. The monoisotopic (exact) mass is 265 g/mol. The van der Waals surface area contributed by atoms with Gasteiger partial charge in [-0.05, 0) is 46.0 Å². The molecule has 0 radical (unpaired) electrons. The molecular formula is C15H27N3O. The number of nitrogens with one attached hydrogen (secondary N) is 1. The smallest absolute Gasteiger partial charge is 0.0644 e. The van der Waals surface area contributed by atoms with Gasteiger partial charge in [-0.1, -0.05) is 6.92 Å². The highest BCUT2D eigenvalue weighted by atomic mass is 16.3. The third-order valence-electron chi connectivity index (χ3n) is 4.46. The van der Waals surface area contributed by atoms with E-state index in [2.05, 4.69) is 31.2 Å². The summed E-state index contributed by atoms with van der Waals surface area (Å²) in [6.45, 7) is 6.46. The molecule has 0 amide bonds. The molecule has 0 spiro atoms. The average molecular weight is 265 g/mol. The average Bonchev–Trinajstić information content (AvgIpc) is 2.63. The first-order chi connectivity index (χ1) is 9.02. The second kappa shape index (κ2) is 6.06. The molecule has 0 saturated heterocycles. The number of aliphatic hydroxyl groups excluding tert-OH is 1. The highest BCUT2D eigenvalue weighted by molar-refractivity contribution is 5.28. The van der Waals surface area contributed by atoms with Gasteiger partial charge in [0.1, 0.15) is 0 Å². The third-order valence-corrected chi connectivity index (χ3v) is 4.46. The standard InChI is InChI=1S/C15H27N3O/c1-5-14(15-10(2)17-18(4)11(15)3)16-12-6-8-13(19)9-7-12/h12-14,16,19H,5-9H2,1-4H3. The van der Waals surface area contributed by atoms with Gasteiger partial charge < -0.3 is 10.4 Å². The number of aryl methyl sites for hydroxylation is 2. The summed E-state index contributed by atoms with van der Waals surface area (Å²) >= 11 is 0. The van der Waals surface area contributed by atoms with Crippen molar-refractivity contribution in [3.8, 4) is 0 Å². The van der Waals surface area contributed by atoms with E-state index in [1.165, 1.54) is 11.3 Å². The Balaban J connectivity index is 2.07. The summed E-state index contributed by atoms with van der Waals surface area (Å²) in [6, 6.07) is 0.918. The van der Waals surface area contributed by atoms with E-state index in [-0.39, 0.29) is 6.10 Å². The molecule has 1 saturated carbocycles. The summed E-state index contributed by atoms with van der Waals surface area (Å²) in [5, 5.41) is 17.9. The lowest BCUT2D eigenvalue weighted by molar-refractivity contribution is 0.114. The Morgan fingerprint density at radius 1 is 1.32 bits per heavy atom. The summed E-state index contributed by atoms with van der Waals surface area (Å²) in [5.74, 6) is 0. The zero-order valence-corrected chi connectivity index (χ0v) is 12.6. The van der Waals surface area contributed by atoms with Crippen LogP contribution >= 0.6 is 0 Å². The van der Waals surface area contributed by atoms with Crippen molar-refractivity contribution in [2.75, 3.05) is 0 Å². The van der Waals surface area contributed by atoms with Crippen LogP contribution in [0.4, 0.5) is 0 Å². The predicted molar refractivity (Wildman–Crippen MR) is 77.1 cm³/mol. The van der Waals surface area contributed by atoms with E-state index in [1.807, 2.05) is 11.7 Å². The minimum absolute atomic E-state index is 0.0833. The van der Waals surface area contributed by atoms with E-state index in [0.717, 1.165) is 37.8 Å². The quantitative estimate of drug-likeness (QED) is 0.879. The van der Waals surface area contributed by atoms with Gasteiger partial charge in [0.15, 0.2) is 0 Å². The van der Waals surface area contributed by atoms with Gasteiger partial charge in [-0.25, -0.2) is 0 Å². The van der Waals surface area contributed by atoms with Gasteiger partial charge in [-0.3, -0.25) is 4.68 Å². The normalized spacial score (nSPS) is 25.5. The lowest BCUT2D eigenvalue weighted by Gasteiger charge is -2.30. The highest BCUT2D eigenvalue weighted by Crippen LogP contribution is 2.27. The number of aliphatic hydroxyl groups is 1. The molecule has 1 heterocycles. The molecule has 0 bridgehead atoms. The van der Waals surface area contributed by atoms with Crippen LogP contribution in [0.5, 0.6) is 0 Å². The molecule has 1 aromatic heterocycles. The minimum atomic E-state index is -0.0833.